The number of hydrogen-bond donors (Lipinski definition) is 2. The summed E-state index contributed by atoms with van der Waals surface area (Å²) in [6.07, 6.45) is 2.51. The average Bonchev–Trinajstić information content (AvgIpc) is 3.24. The van der Waals surface area contributed by atoms with Crippen LogP contribution in [0.5, 0.6) is 5.75 Å². The number of rotatable bonds is 5. The van der Waals surface area contributed by atoms with Gasteiger partial charge in [-0.25, -0.2) is 0 Å². The molecule has 1 fully saturated rings. The van der Waals surface area contributed by atoms with Gasteiger partial charge in [-0.3, -0.25) is 9.89 Å². The Bertz CT molecular complexity index is 851. The van der Waals surface area contributed by atoms with Crippen LogP contribution in [0.3, 0.4) is 0 Å². The molecule has 0 saturated heterocycles. The van der Waals surface area contributed by atoms with Crippen molar-refractivity contribution in [2.45, 2.75) is 51.7 Å². The van der Waals surface area contributed by atoms with Gasteiger partial charge in [-0.15, -0.1) is 0 Å². The Balaban J connectivity index is 1.35. The second kappa shape index (κ2) is 6.29. The number of nitrogens with zero attached hydrogens (tertiary/aromatic N) is 2. The van der Waals surface area contributed by atoms with E-state index in [4.69, 9.17) is 17.0 Å². The number of aryl methyl sites for hydroxylation is 2. The van der Waals surface area contributed by atoms with Gasteiger partial charge in [0.25, 0.3) is 5.91 Å². The fraction of sp³-hybridized carbons (Fsp3) is 0.500. The number of amides is 1. The molecule has 1 aliphatic heterocycles. The topological polar surface area (TPSA) is 71.9 Å². The van der Waals surface area contributed by atoms with Crippen molar-refractivity contribution in [1.29, 1.82) is 0 Å². The van der Waals surface area contributed by atoms with Gasteiger partial charge in [0.1, 0.15) is 11.6 Å². The highest BCUT2D eigenvalue weighted by Crippen LogP contribution is 2.38. The molecular formula is C18H22N4O2S. The van der Waals surface area contributed by atoms with Gasteiger partial charge in [0.15, 0.2) is 10.9 Å². The number of benzene rings is 1. The highest BCUT2D eigenvalue weighted by Gasteiger charge is 2.30. The van der Waals surface area contributed by atoms with Crippen LogP contribution >= 0.6 is 12.2 Å². The second-order valence-electron chi connectivity index (χ2n) is 6.96. The maximum Gasteiger partial charge on any atom is 0.261 e. The van der Waals surface area contributed by atoms with Gasteiger partial charge in [0.05, 0.1) is 0 Å². The van der Waals surface area contributed by atoms with E-state index >= 15 is 0 Å². The van der Waals surface area contributed by atoms with Crippen LogP contribution in [-0.2, 0) is 17.8 Å². The van der Waals surface area contributed by atoms with Crippen LogP contribution < -0.4 is 10.1 Å². The minimum absolute atomic E-state index is 0.0745. The summed E-state index contributed by atoms with van der Waals surface area (Å²) in [5.74, 6) is 2.28. The molecule has 4 rings (SSSR count). The summed E-state index contributed by atoms with van der Waals surface area (Å²) in [5.41, 5.74) is 3.52. The normalized spacial score (nSPS) is 18.7. The Morgan fingerprint density at radius 1 is 1.40 bits per heavy atom. The number of fused-ring (bicyclic) bond motifs is 1. The van der Waals surface area contributed by atoms with Gasteiger partial charge in [-0.1, -0.05) is 6.07 Å². The first-order chi connectivity index (χ1) is 12.0. The first kappa shape index (κ1) is 16.3. The lowest BCUT2D eigenvalue weighted by atomic mass is 10.0. The maximum absolute atomic E-state index is 12.4. The van der Waals surface area contributed by atoms with Crippen LogP contribution in [0.1, 0.15) is 41.3 Å². The highest BCUT2D eigenvalue weighted by molar-refractivity contribution is 7.71. The summed E-state index contributed by atoms with van der Waals surface area (Å²) < 4.78 is 8.44. The first-order valence-corrected chi connectivity index (χ1v) is 9.13. The summed E-state index contributed by atoms with van der Waals surface area (Å²) in [5, 5.41) is 10.1. The standard InChI is InChI=1S/C18H22N4O2S/c1-10-7-13-9-15(24-14(13)8-11(10)2)17(23)19-5-6-22-16(12-3-4-12)20-21-18(22)25/h7-8,12,15H,3-6,9H2,1-2H3,(H,19,23)(H,21,25)/t15-/m0/s1. The third-order valence-corrected chi connectivity index (χ3v) is 5.32. The molecule has 1 aromatic carbocycles. The van der Waals surface area contributed by atoms with Crippen LogP contribution in [0.15, 0.2) is 12.1 Å². The number of carbonyl (C=O) groups excluding carboxylic acids is 1. The van der Waals surface area contributed by atoms with Crippen molar-refractivity contribution in [3.63, 3.8) is 0 Å². The van der Waals surface area contributed by atoms with E-state index in [1.54, 1.807) is 0 Å². The zero-order valence-electron chi connectivity index (χ0n) is 14.5. The predicted molar refractivity (Wildman–Crippen MR) is 96.4 cm³/mol. The number of H-pyrrole nitrogens is 1. The predicted octanol–water partition coefficient (Wildman–Crippen LogP) is 2.55. The number of carbonyl (C=O) groups is 1. The first-order valence-electron chi connectivity index (χ1n) is 8.72. The number of nitrogens with one attached hydrogen (secondary N) is 2. The third-order valence-electron chi connectivity index (χ3n) is 5.01. The van der Waals surface area contributed by atoms with Crippen molar-refractivity contribution in [1.82, 2.24) is 20.1 Å². The number of hydrogen-bond acceptors (Lipinski definition) is 4. The van der Waals surface area contributed by atoms with Crippen LogP contribution in [0.4, 0.5) is 0 Å². The Morgan fingerprint density at radius 2 is 2.16 bits per heavy atom. The molecule has 1 amide bonds. The van der Waals surface area contributed by atoms with Crippen molar-refractivity contribution in [2.24, 2.45) is 0 Å². The van der Waals surface area contributed by atoms with Crippen molar-refractivity contribution in [3.05, 3.63) is 39.4 Å². The highest BCUT2D eigenvalue weighted by atomic mass is 32.1. The molecule has 1 aliphatic carbocycles. The van der Waals surface area contributed by atoms with E-state index in [0.717, 1.165) is 17.1 Å². The van der Waals surface area contributed by atoms with Gasteiger partial charge in [-0.05, 0) is 61.7 Å². The van der Waals surface area contributed by atoms with Gasteiger partial charge in [-0.2, -0.15) is 5.10 Å². The molecule has 0 bridgehead atoms. The van der Waals surface area contributed by atoms with Gasteiger partial charge in [0.2, 0.25) is 0 Å². The van der Waals surface area contributed by atoms with E-state index in [0.29, 0.717) is 30.2 Å². The maximum atomic E-state index is 12.4. The fourth-order valence-electron chi connectivity index (χ4n) is 3.26. The van der Waals surface area contributed by atoms with Crippen molar-refractivity contribution < 1.29 is 9.53 Å². The van der Waals surface area contributed by atoms with Crippen LogP contribution in [0.2, 0.25) is 0 Å². The van der Waals surface area contributed by atoms with Crippen LogP contribution in [0, 0.1) is 18.6 Å². The molecule has 2 N–H and O–H groups in total. The largest absolute Gasteiger partial charge is 0.480 e. The average molecular weight is 358 g/mol. The molecule has 2 aliphatic rings. The SMILES string of the molecule is Cc1cc2c(cc1C)O[C@H](C(=O)NCCn1c(C3CC3)n[nH]c1=S)C2. The summed E-state index contributed by atoms with van der Waals surface area (Å²) in [4.78, 5) is 12.4. The van der Waals surface area contributed by atoms with Crippen molar-refractivity contribution in [3.8, 4) is 5.75 Å². The molecule has 6 nitrogen and oxygen atoms in total. The molecule has 2 heterocycles. The summed E-state index contributed by atoms with van der Waals surface area (Å²) in [6, 6.07) is 4.13. The minimum atomic E-state index is -0.448. The fourth-order valence-corrected chi connectivity index (χ4v) is 3.49. The van der Waals surface area contributed by atoms with E-state index < -0.39 is 6.10 Å². The molecule has 0 unspecified atom stereocenters. The molecule has 1 aromatic heterocycles. The van der Waals surface area contributed by atoms with Gasteiger partial charge >= 0.3 is 0 Å². The van der Waals surface area contributed by atoms with E-state index in [-0.39, 0.29) is 5.91 Å². The number of aromatic nitrogens is 3. The van der Waals surface area contributed by atoms with Crippen molar-refractivity contribution in [2.75, 3.05) is 6.54 Å². The summed E-state index contributed by atoms with van der Waals surface area (Å²) in [6.45, 7) is 5.28. The molecule has 2 aromatic rings. The molecular weight excluding hydrogens is 336 g/mol. The quantitative estimate of drug-likeness (QED) is 0.806. The van der Waals surface area contributed by atoms with Gasteiger partial charge < -0.3 is 14.6 Å². The number of ether oxygens (including phenoxy) is 1. The Kier molecular flexibility index (Phi) is 4.11. The van der Waals surface area contributed by atoms with Crippen molar-refractivity contribution >= 4 is 18.1 Å². The molecule has 132 valence electrons. The monoisotopic (exact) mass is 358 g/mol. The second-order valence-corrected chi connectivity index (χ2v) is 7.35. The molecule has 0 spiro atoms. The molecule has 1 atom stereocenters. The van der Waals surface area contributed by atoms with E-state index in [2.05, 4.69) is 35.4 Å². The smallest absolute Gasteiger partial charge is 0.261 e. The molecule has 1 saturated carbocycles. The lowest BCUT2D eigenvalue weighted by molar-refractivity contribution is -0.127. The lowest BCUT2D eigenvalue weighted by Crippen LogP contribution is -2.39. The summed E-state index contributed by atoms with van der Waals surface area (Å²) in [7, 11) is 0. The zero-order valence-corrected chi connectivity index (χ0v) is 15.3. The number of aromatic amines is 1. The third kappa shape index (κ3) is 3.20. The molecule has 0 radical (unpaired) electrons. The molecule has 7 heteroatoms. The van der Waals surface area contributed by atoms with E-state index in [9.17, 15) is 4.79 Å². The van der Waals surface area contributed by atoms with E-state index in [1.807, 2.05) is 10.6 Å². The Morgan fingerprint density at radius 3 is 2.92 bits per heavy atom. The van der Waals surface area contributed by atoms with E-state index in [1.165, 1.54) is 24.0 Å². The minimum Gasteiger partial charge on any atom is -0.480 e. The van der Waals surface area contributed by atoms with Crippen LogP contribution in [0.25, 0.3) is 0 Å². The zero-order chi connectivity index (χ0) is 17.6. The Hall–Kier alpha value is -2.15. The Labute approximate surface area is 151 Å². The lowest BCUT2D eigenvalue weighted by Gasteiger charge is -2.12. The molecule has 25 heavy (non-hydrogen) atoms. The summed E-state index contributed by atoms with van der Waals surface area (Å²) >= 11 is 5.29. The van der Waals surface area contributed by atoms with Gasteiger partial charge in [0, 0.05) is 25.4 Å². The van der Waals surface area contributed by atoms with Crippen LogP contribution in [-0.4, -0.2) is 33.3 Å².